The van der Waals surface area contributed by atoms with Crippen LogP contribution in [0, 0.1) is 29.6 Å². The number of hydrogen-bond acceptors (Lipinski definition) is 8. The van der Waals surface area contributed by atoms with Crippen molar-refractivity contribution in [2.75, 3.05) is 27.5 Å². The molecular weight excluding hydrogens is 693 g/mol. The van der Waals surface area contributed by atoms with Gasteiger partial charge in [-0.3, -0.25) is 29.0 Å². The predicted octanol–water partition coefficient (Wildman–Crippen LogP) is 7.93. The van der Waals surface area contributed by atoms with Gasteiger partial charge in [0.25, 0.3) is 0 Å². The third-order valence-electron chi connectivity index (χ3n) is 11.6. The van der Waals surface area contributed by atoms with Gasteiger partial charge in [0.2, 0.25) is 23.6 Å². The van der Waals surface area contributed by atoms with Crippen LogP contribution in [-0.2, 0) is 19.2 Å². The maximum Gasteiger partial charge on any atom is 0.238 e. The molecule has 5 aromatic rings. The first-order valence-electron chi connectivity index (χ1n) is 18.5. The van der Waals surface area contributed by atoms with Crippen molar-refractivity contribution in [3.63, 3.8) is 0 Å². The molecule has 0 spiro atoms. The van der Waals surface area contributed by atoms with Crippen molar-refractivity contribution < 1.29 is 29.0 Å². The van der Waals surface area contributed by atoms with Crippen LogP contribution < -0.4 is 25.2 Å². The number of imide groups is 2. The summed E-state index contributed by atoms with van der Waals surface area (Å²) >= 11 is 0. The molecule has 9 rings (SSSR count). The minimum absolute atomic E-state index is 0.118. The maximum atomic E-state index is 14.6. The molecule has 3 fully saturated rings. The number of hydrogen-bond donors (Lipinski definition) is 3. The quantitative estimate of drug-likeness (QED) is 0.109. The van der Waals surface area contributed by atoms with Gasteiger partial charge in [0, 0.05) is 34.2 Å². The Balaban J connectivity index is 1.05. The normalized spacial score (nSPS) is 24.2. The lowest BCUT2D eigenvalue weighted by Gasteiger charge is -2.44. The number of para-hydroxylation sites is 3. The van der Waals surface area contributed by atoms with Crippen LogP contribution in [0.2, 0.25) is 0 Å². The average molecular weight is 731 g/mol. The van der Waals surface area contributed by atoms with Crippen LogP contribution in [0.15, 0.2) is 139 Å². The van der Waals surface area contributed by atoms with E-state index in [0.29, 0.717) is 23.4 Å². The van der Waals surface area contributed by atoms with E-state index in [9.17, 15) is 24.3 Å². The first-order valence-corrected chi connectivity index (χ1v) is 18.5. The molecule has 274 valence electrons. The number of carbonyl (C=O) groups excluding carboxylic acids is 4. The second kappa shape index (κ2) is 13.6. The Kier molecular flexibility index (Phi) is 8.45. The van der Waals surface area contributed by atoms with Gasteiger partial charge in [-0.05, 0) is 97.6 Å². The van der Waals surface area contributed by atoms with Gasteiger partial charge in [-0.15, -0.1) is 0 Å². The lowest BCUT2D eigenvalue weighted by molar-refractivity contribution is -0.126. The second-order valence-corrected chi connectivity index (χ2v) is 14.5. The molecule has 4 amide bonds. The van der Waals surface area contributed by atoms with Gasteiger partial charge >= 0.3 is 0 Å². The summed E-state index contributed by atoms with van der Waals surface area (Å²) in [5.41, 5.74) is 5.58. The standard InChI is InChI=1S/C45H38N4O6/c1-55-37-14-8-13-33(41(37)50)38-32-23-24-34-39(44(53)48(42(34)51)30-19-15-28(16-20-30)46-26-9-4-2-5-10-26)35(32)25-36-40(38)45(54)49(43(36)52)31-21-17-29(18-22-31)47-27-11-6-3-7-12-27/h2-23,34-36,38-40,46-47,50H,24-25H2,1H3. The fraction of sp³-hybridized carbons (Fsp3) is 0.200. The number of phenols is 1. The van der Waals surface area contributed by atoms with E-state index in [1.807, 2.05) is 91.0 Å². The molecule has 55 heavy (non-hydrogen) atoms. The topological polar surface area (TPSA) is 128 Å². The van der Waals surface area contributed by atoms with E-state index >= 15 is 0 Å². The molecule has 2 saturated heterocycles. The third kappa shape index (κ3) is 5.72. The van der Waals surface area contributed by atoms with Crippen molar-refractivity contribution >= 4 is 57.8 Å². The van der Waals surface area contributed by atoms with E-state index in [-0.39, 0.29) is 41.5 Å². The van der Waals surface area contributed by atoms with Crippen LogP contribution in [0.1, 0.15) is 24.3 Å². The Labute approximate surface area is 318 Å². The number of phenolic OH excluding ortho intramolecular Hbond substituents is 1. The Morgan fingerprint density at radius 3 is 1.62 bits per heavy atom. The van der Waals surface area contributed by atoms with Crippen molar-refractivity contribution in [2.24, 2.45) is 29.6 Å². The summed E-state index contributed by atoms with van der Waals surface area (Å²) in [4.78, 5) is 60.2. The molecule has 6 atom stereocenters. The first-order chi connectivity index (χ1) is 26.8. The minimum atomic E-state index is -0.834. The number of ether oxygens (including phenoxy) is 1. The molecule has 6 unspecified atom stereocenters. The maximum absolute atomic E-state index is 14.6. The van der Waals surface area contributed by atoms with Gasteiger partial charge in [-0.1, -0.05) is 60.2 Å². The molecule has 0 radical (unpaired) electrons. The molecule has 10 heteroatoms. The van der Waals surface area contributed by atoms with Crippen molar-refractivity contribution in [1.29, 1.82) is 0 Å². The van der Waals surface area contributed by atoms with Crippen molar-refractivity contribution in [1.82, 2.24) is 0 Å². The first kappa shape index (κ1) is 34.1. The fourth-order valence-corrected chi connectivity index (χ4v) is 9.16. The Bertz CT molecular complexity index is 2350. The molecule has 4 aliphatic rings. The number of allylic oxidation sites excluding steroid dienone is 2. The number of nitrogens with one attached hydrogen (secondary N) is 2. The summed E-state index contributed by atoms with van der Waals surface area (Å²) in [5, 5.41) is 18.2. The van der Waals surface area contributed by atoms with E-state index in [1.54, 1.807) is 42.5 Å². The number of methoxy groups -OCH3 is 1. The van der Waals surface area contributed by atoms with Gasteiger partial charge in [0.15, 0.2) is 11.5 Å². The fourth-order valence-electron chi connectivity index (χ4n) is 9.16. The van der Waals surface area contributed by atoms with Crippen LogP contribution in [0.4, 0.5) is 34.1 Å². The molecule has 2 aliphatic heterocycles. The Morgan fingerprint density at radius 2 is 1.07 bits per heavy atom. The van der Waals surface area contributed by atoms with Gasteiger partial charge in [0.1, 0.15) is 0 Å². The summed E-state index contributed by atoms with van der Waals surface area (Å²) in [6.07, 6.45) is 2.49. The highest BCUT2D eigenvalue weighted by molar-refractivity contribution is 6.24. The number of benzene rings is 5. The highest BCUT2D eigenvalue weighted by Gasteiger charge is 2.62. The average Bonchev–Trinajstić information content (AvgIpc) is 3.62. The number of anilines is 6. The molecule has 5 aromatic carbocycles. The van der Waals surface area contributed by atoms with Gasteiger partial charge in [-0.2, -0.15) is 0 Å². The van der Waals surface area contributed by atoms with Crippen LogP contribution in [0.25, 0.3) is 0 Å². The van der Waals surface area contributed by atoms with Crippen LogP contribution in [0.5, 0.6) is 11.5 Å². The van der Waals surface area contributed by atoms with Crippen molar-refractivity contribution in [3.05, 3.63) is 145 Å². The molecule has 1 saturated carbocycles. The zero-order valence-corrected chi connectivity index (χ0v) is 30.0. The monoisotopic (exact) mass is 730 g/mol. The lowest BCUT2D eigenvalue weighted by atomic mass is 9.57. The minimum Gasteiger partial charge on any atom is -0.504 e. The third-order valence-corrected chi connectivity index (χ3v) is 11.6. The zero-order chi connectivity index (χ0) is 37.8. The van der Waals surface area contributed by atoms with Crippen LogP contribution >= 0.6 is 0 Å². The molecule has 2 aliphatic carbocycles. The summed E-state index contributed by atoms with van der Waals surface area (Å²) in [7, 11) is 1.46. The Morgan fingerprint density at radius 1 is 0.564 bits per heavy atom. The molecule has 10 nitrogen and oxygen atoms in total. The number of nitrogens with zero attached hydrogens (tertiary/aromatic N) is 2. The predicted molar refractivity (Wildman–Crippen MR) is 209 cm³/mol. The highest BCUT2D eigenvalue weighted by atomic mass is 16.5. The van der Waals surface area contributed by atoms with Gasteiger partial charge in [0.05, 0.1) is 42.2 Å². The summed E-state index contributed by atoms with van der Waals surface area (Å²) in [6, 6.07) is 38.9. The SMILES string of the molecule is COc1cccc(C2C3=CCC4C(=O)N(c5ccc(Nc6ccccc6)cc5)C(=O)C4C3CC3C(=O)N(c4ccc(Nc5ccccc5)cc4)C(=O)C32)c1O. The molecular formula is C45H38N4O6. The highest BCUT2D eigenvalue weighted by Crippen LogP contribution is 2.60. The number of carbonyl (C=O) groups is 4. The van der Waals surface area contributed by atoms with Crippen molar-refractivity contribution in [2.45, 2.75) is 18.8 Å². The molecule has 0 bridgehead atoms. The van der Waals surface area contributed by atoms with E-state index in [1.165, 1.54) is 16.9 Å². The zero-order valence-electron chi connectivity index (χ0n) is 30.0. The van der Waals surface area contributed by atoms with Crippen LogP contribution in [0.3, 0.4) is 0 Å². The largest absolute Gasteiger partial charge is 0.504 e. The summed E-state index contributed by atoms with van der Waals surface area (Å²) in [6.45, 7) is 0. The molecule has 3 N–H and O–H groups in total. The van der Waals surface area contributed by atoms with E-state index < -0.39 is 35.5 Å². The number of rotatable bonds is 8. The Hall–Kier alpha value is -6.68. The van der Waals surface area contributed by atoms with Crippen molar-refractivity contribution in [3.8, 4) is 11.5 Å². The van der Waals surface area contributed by atoms with Gasteiger partial charge < -0.3 is 20.5 Å². The van der Waals surface area contributed by atoms with E-state index in [2.05, 4.69) is 10.6 Å². The molecule has 0 aromatic heterocycles. The van der Waals surface area contributed by atoms with E-state index in [0.717, 1.165) is 28.3 Å². The summed E-state index contributed by atoms with van der Waals surface area (Å²) < 4.78 is 5.47. The summed E-state index contributed by atoms with van der Waals surface area (Å²) in [5.74, 6) is -5.41. The lowest BCUT2D eigenvalue weighted by Crippen LogP contribution is -2.43. The second-order valence-electron chi connectivity index (χ2n) is 14.5. The van der Waals surface area contributed by atoms with E-state index in [4.69, 9.17) is 4.74 Å². The van der Waals surface area contributed by atoms with Gasteiger partial charge in [-0.25, -0.2) is 0 Å². The smallest absolute Gasteiger partial charge is 0.238 e. The number of fused-ring (bicyclic) bond motifs is 4. The number of amides is 4. The van der Waals surface area contributed by atoms with Crippen LogP contribution in [-0.4, -0.2) is 35.8 Å². The number of aromatic hydroxyl groups is 1. The molecule has 2 heterocycles.